The summed E-state index contributed by atoms with van der Waals surface area (Å²) >= 11 is 0. The maximum Gasteiger partial charge on any atom is 0.313 e. The van der Waals surface area contributed by atoms with Crippen molar-refractivity contribution in [1.29, 1.82) is 0 Å². The van der Waals surface area contributed by atoms with Crippen molar-refractivity contribution in [3.8, 4) is 5.75 Å². The van der Waals surface area contributed by atoms with E-state index < -0.39 is 0 Å². The van der Waals surface area contributed by atoms with Gasteiger partial charge >= 0.3 is 5.97 Å². The number of aromatic nitrogens is 1. The van der Waals surface area contributed by atoms with Crippen LogP contribution in [-0.4, -0.2) is 17.6 Å². The molecule has 0 amide bonds. The van der Waals surface area contributed by atoms with E-state index in [2.05, 4.69) is 17.1 Å². The molecule has 1 heterocycles. The van der Waals surface area contributed by atoms with Gasteiger partial charge in [0.1, 0.15) is 12.4 Å². The van der Waals surface area contributed by atoms with Crippen molar-refractivity contribution < 1.29 is 14.3 Å². The van der Waals surface area contributed by atoms with Gasteiger partial charge in [0, 0.05) is 5.39 Å². The number of para-hydroxylation sites is 1. The molecule has 4 nitrogen and oxygen atoms in total. The highest BCUT2D eigenvalue weighted by molar-refractivity contribution is 5.79. The minimum atomic E-state index is -0.173. The van der Waals surface area contributed by atoms with Crippen LogP contribution in [0.5, 0.6) is 5.75 Å². The fraction of sp³-hybridized carbons (Fsp3) is 0.360. The summed E-state index contributed by atoms with van der Waals surface area (Å²) in [5.41, 5.74) is 2.88. The third kappa shape index (κ3) is 4.58. The fourth-order valence-electron chi connectivity index (χ4n) is 4.24. The second-order valence-corrected chi connectivity index (χ2v) is 7.63. The zero-order valence-corrected chi connectivity index (χ0v) is 16.8. The van der Waals surface area contributed by atoms with Gasteiger partial charge in [0.25, 0.3) is 0 Å². The van der Waals surface area contributed by atoms with Crippen molar-refractivity contribution in [3.05, 3.63) is 71.9 Å². The summed E-state index contributed by atoms with van der Waals surface area (Å²) in [5, 5.41) is 1.12. The number of hydrogen-bond acceptors (Lipinski definition) is 4. The van der Waals surface area contributed by atoms with Crippen LogP contribution in [0, 0.1) is 5.92 Å². The number of nitrogens with zero attached hydrogens (tertiary/aromatic N) is 1. The van der Waals surface area contributed by atoms with E-state index in [1.54, 1.807) is 0 Å². The Morgan fingerprint density at radius 1 is 1.03 bits per heavy atom. The summed E-state index contributed by atoms with van der Waals surface area (Å²) < 4.78 is 11.3. The van der Waals surface area contributed by atoms with Gasteiger partial charge in [-0.15, -0.1) is 0 Å². The first kappa shape index (κ1) is 19.4. The molecular formula is C25H27NO3. The molecule has 0 radical (unpaired) electrons. The molecule has 150 valence electrons. The summed E-state index contributed by atoms with van der Waals surface area (Å²) in [4.78, 5) is 17.2. The average Bonchev–Trinajstić information content (AvgIpc) is 3.28. The highest BCUT2D eigenvalue weighted by Gasteiger charge is 2.33. The van der Waals surface area contributed by atoms with Gasteiger partial charge in [-0.25, -0.2) is 4.98 Å². The van der Waals surface area contributed by atoms with Gasteiger partial charge in [-0.2, -0.15) is 0 Å². The highest BCUT2D eigenvalue weighted by Crippen LogP contribution is 2.38. The second kappa shape index (κ2) is 9.08. The van der Waals surface area contributed by atoms with Crippen molar-refractivity contribution in [1.82, 2.24) is 4.98 Å². The van der Waals surface area contributed by atoms with Crippen molar-refractivity contribution >= 4 is 16.9 Å². The van der Waals surface area contributed by atoms with Gasteiger partial charge in [0.05, 0.1) is 23.7 Å². The normalized spacial score (nSPS) is 15.3. The van der Waals surface area contributed by atoms with E-state index in [4.69, 9.17) is 9.47 Å². The smallest absolute Gasteiger partial charge is 0.313 e. The third-order valence-electron chi connectivity index (χ3n) is 5.69. The van der Waals surface area contributed by atoms with Crippen LogP contribution >= 0.6 is 0 Å². The highest BCUT2D eigenvalue weighted by atomic mass is 16.5. The van der Waals surface area contributed by atoms with E-state index in [0.717, 1.165) is 40.8 Å². The molecule has 1 aliphatic carbocycles. The number of ether oxygens (including phenoxy) is 2. The number of carbonyl (C=O) groups excluding carboxylic acids is 1. The quantitative estimate of drug-likeness (QED) is 0.490. The number of benzene rings is 2. The number of carbonyl (C=O) groups is 1. The second-order valence-electron chi connectivity index (χ2n) is 7.63. The van der Waals surface area contributed by atoms with Crippen molar-refractivity contribution in [2.45, 2.75) is 45.1 Å². The largest absolute Gasteiger partial charge is 0.487 e. The Labute approximate surface area is 171 Å². The lowest BCUT2D eigenvalue weighted by Gasteiger charge is -2.22. The average molecular weight is 389 g/mol. The first-order chi connectivity index (χ1) is 14.2. The number of hydrogen-bond donors (Lipinski definition) is 0. The Bertz CT molecular complexity index is 961. The molecule has 0 saturated heterocycles. The Hall–Kier alpha value is -2.88. The van der Waals surface area contributed by atoms with Gasteiger partial charge in [-0.05, 0) is 55.5 Å². The number of pyridine rings is 1. The molecule has 0 N–H and O–H groups in total. The number of fused-ring (bicyclic) bond motifs is 1. The molecule has 1 aliphatic rings. The molecule has 1 unspecified atom stereocenters. The summed E-state index contributed by atoms with van der Waals surface area (Å²) in [6.07, 6.45) is 4.58. The van der Waals surface area contributed by atoms with E-state index in [0.29, 0.717) is 19.1 Å². The standard InChI is InChI=1S/C25H27NO3/c1-2-28-25(27)24(19-8-3-4-9-19)20-12-15-22(16-13-20)29-17-21-14-11-18-7-5-6-10-23(18)26-21/h5-7,10-16,19,24H,2-4,8-9,17H2,1H3. The molecule has 3 aromatic rings. The molecule has 1 atom stereocenters. The predicted octanol–water partition coefficient (Wildman–Crippen LogP) is 5.65. The molecule has 1 fully saturated rings. The Balaban J connectivity index is 1.45. The molecule has 0 spiro atoms. The van der Waals surface area contributed by atoms with E-state index in [1.165, 1.54) is 12.8 Å². The topological polar surface area (TPSA) is 48.4 Å². The van der Waals surface area contributed by atoms with Crippen molar-refractivity contribution in [3.63, 3.8) is 0 Å². The van der Waals surface area contributed by atoms with Gasteiger partial charge in [-0.1, -0.05) is 49.2 Å². The van der Waals surface area contributed by atoms with Gasteiger partial charge < -0.3 is 9.47 Å². The third-order valence-corrected chi connectivity index (χ3v) is 5.69. The first-order valence-electron chi connectivity index (χ1n) is 10.5. The molecule has 1 aromatic heterocycles. The minimum Gasteiger partial charge on any atom is -0.487 e. The van der Waals surface area contributed by atoms with Gasteiger partial charge in [0.15, 0.2) is 0 Å². The van der Waals surface area contributed by atoms with Gasteiger partial charge in [-0.3, -0.25) is 4.79 Å². The van der Waals surface area contributed by atoms with E-state index in [1.807, 2.05) is 55.5 Å². The molecule has 0 bridgehead atoms. The van der Waals surface area contributed by atoms with Crippen LogP contribution in [0.25, 0.3) is 10.9 Å². The molecule has 2 aromatic carbocycles. The van der Waals surface area contributed by atoms with Crippen LogP contribution in [0.4, 0.5) is 0 Å². The molecule has 1 saturated carbocycles. The van der Waals surface area contributed by atoms with Crippen LogP contribution in [0.2, 0.25) is 0 Å². The summed E-state index contributed by atoms with van der Waals surface area (Å²) in [5.74, 6) is 0.877. The lowest BCUT2D eigenvalue weighted by Crippen LogP contribution is -2.22. The number of rotatable bonds is 7. The SMILES string of the molecule is CCOC(=O)C(c1ccc(OCc2ccc3ccccc3n2)cc1)C1CCCC1. The zero-order chi connectivity index (χ0) is 20.1. The fourth-order valence-corrected chi connectivity index (χ4v) is 4.24. The van der Waals surface area contributed by atoms with Crippen LogP contribution in [0.3, 0.4) is 0 Å². The zero-order valence-electron chi connectivity index (χ0n) is 16.8. The molecular weight excluding hydrogens is 362 g/mol. The summed E-state index contributed by atoms with van der Waals surface area (Å²) in [7, 11) is 0. The molecule has 0 aliphatic heterocycles. The maximum absolute atomic E-state index is 12.6. The Morgan fingerprint density at radius 3 is 2.55 bits per heavy atom. The monoisotopic (exact) mass is 389 g/mol. The number of esters is 1. The molecule has 4 heteroatoms. The lowest BCUT2D eigenvalue weighted by molar-refractivity contribution is -0.146. The summed E-state index contributed by atoms with van der Waals surface area (Å²) in [6, 6.07) is 20.0. The van der Waals surface area contributed by atoms with E-state index in [-0.39, 0.29) is 11.9 Å². The first-order valence-corrected chi connectivity index (χ1v) is 10.5. The molecule has 29 heavy (non-hydrogen) atoms. The van der Waals surface area contributed by atoms with Crippen LogP contribution in [0.1, 0.15) is 49.8 Å². The maximum atomic E-state index is 12.6. The van der Waals surface area contributed by atoms with E-state index in [9.17, 15) is 4.79 Å². The van der Waals surface area contributed by atoms with Crippen LogP contribution < -0.4 is 4.74 Å². The van der Waals surface area contributed by atoms with E-state index >= 15 is 0 Å². The van der Waals surface area contributed by atoms with Crippen LogP contribution in [0.15, 0.2) is 60.7 Å². The predicted molar refractivity (Wildman–Crippen MR) is 114 cm³/mol. The molecule has 4 rings (SSSR count). The minimum absolute atomic E-state index is 0.103. The Kier molecular flexibility index (Phi) is 6.09. The van der Waals surface area contributed by atoms with Gasteiger partial charge in [0.2, 0.25) is 0 Å². The van der Waals surface area contributed by atoms with Crippen molar-refractivity contribution in [2.75, 3.05) is 6.61 Å². The lowest BCUT2D eigenvalue weighted by atomic mass is 9.85. The van der Waals surface area contributed by atoms with Crippen molar-refractivity contribution in [2.24, 2.45) is 5.92 Å². The summed E-state index contributed by atoms with van der Waals surface area (Å²) in [6.45, 7) is 2.69. The Morgan fingerprint density at radius 2 is 1.79 bits per heavy atom. The van der Waals surface area contributed by atoms with Crippen LogP contribution in [-0.2, 0) is 16.1 Å².